The van der Waals surface area contributed by atoms with Gasteiger partial charge in [-0.3, -0.25) is 9.59 Å². The minimum absolute atomic E-state index is 0.0338. The molecule has 0 unspecified atom stereocenters. The highest BCUT2D eigenvalue weighted by Gasteiger charge is 2.32. The van der Waals surface area contributed by atoms with E-state index in [1.165, 1.54) is 46.2 Å². The van der Waals surface area contributed by atoms with Crippen LogP contribution in [0.25, 0.3) is 0 Å². The Morgan fingerprint density at radius 1 is 0.514 bits per heavy atom. The van der Waals surface area contributed by atoms with E-state index in [9.17, 15) is 38.4 Å². The van der Waals surface area contributed by atoms with Crippen molar-refractivity contribution in [1.82, 2.24) is 9.80 Å². The first-order valence-electron chi connectivity index (χ1n) is 24.4. The Morgan fingerprint density at radius 2 is 0.871 bits per heavy atom. The molecule has 3 fully saturated rings. The van der Waals surface area contributed by atoms with Crippen LogP contribution in [-0.2, 0) is 38.1 Å². The Bertz CT molecular complexity index is 2010. The molecule has 1 aliphatic heterocycles. The van der Waals surface area contributed by atoms with E-state index in [4.69, 9.17) is 37.9 Å². The zero-order valence-corrected chi connectivity index (χ0v) is 40.3. The van der Waals surface area contributed by atoms with E-state index < -0.39 is 48.0 Å². The van der Waals surface area contributed by atoms with Crippen LogP contribution in [0.15, 0.2) is 61.7 Å². The molecule has 2 aliphatic carbocycles. The number of esters is 6. The Hall–Kier alpha value is -6.72. The number of benzene rings is 2. The Labute approximate surface area is 408 Å². The molecule has 1 saturated heterocycles. The maximum Gasteiger partial charge on any atom is 0.415 e. The van der Waals surface area contributed by atoms with Crippen LogP contribution in [0.3, 0.4) is 0 Å². The lowest BCUT2D eigenvalue weighted by Crippen LogP contribution is -2.52. The van der Waals surface area contributed by atoms with Crippen molar-refractivity contribution >= 4 is 48.0 Å². The number of ether oxygens (including phenoxy) is 8. The third-order valence-electron chi connectivity index (χ3n) is 12.7. The van der Waals surface area contributed by atoms with Crippen molar-refractivity contribution in [2.75, 3.05) is 52.6 Å². The van der Waals surface area contributed by atoms with Crippen molar-refractivity contribution in [3.63, 3.8) is 0 Å². The van der Waals surface area contributed by atoms with E-state index in [2.05, 4.69) is 27.0 Å². The van der Waals surface area contributed by atoms with Crippen LogP contribution in [0.2, 0.25) is 0 Å². The van der Waals surface area contributed by atoms with E-state index in [-0.39, 0.29) is 98.6 Å². The number of piperazine rings is 1. The number of amides is 2. The molecule has 2 aromatic carbocycles. The first-order valence-corrected chi connectivity index (χ1v) is 24.4. The smallest absolute Gasteiger partial charge is 0.415 e. The fourth-order valence-electron chi connectivity index (χ4n) is 8.61. The number of nitrogens with zero attached hydrogens (tertiary/aromatic N) is 2. The molecule has 0 bridgehead atoms. The predicted molar refractivity (Wildman–Crippen MR) is 252 cm³/mol. The number of rotatable bonds is 22. The number of hydrogen-bond acceptors (Lipinski definition) is 16. The van der Waals surface area contributed by atoms with Gasteiger partial charge < -0.3 is 47.7 Å². The van der Waals surface area contributed by atoms with Crippen LogP contribution in [0.1, 0.15) is 124 Å². The molecule has 2 amide bonds. The molecule has 3 aliphatic rings. The molecule has 0 N–H and O–H groups in total. The fraction of sp³-hybridized carbons (Fsp3) is 0.538. The number of unbranched alkanes of at least 4 members (excludes halogenated alkanes) is 2. The molecule has 2 aromatic rings. The van der Waals surface area contributed by atoms with Crippen LogP contribution in [-0.4, -0.2) is 110 Å². The van der Waals surface area contributed by atoms with Crippen molar-refractivity contribution in [2.24, 2.45) is 23.7 Å². The van der Waals surface area contributed by atoms with Gasteiger partial charge in [-0.05, 0) is 99.6 Å². The second-order valence-corrected chi connectivity index (χ2v) is 17.6. The zero-order chi connectivity index (χ0) is 50.4. The summed E-state index contributed by atoms with van der Waals surface area (Å²) >= 11 is 0. The molecule has 70 heavy (non-hydrogen) atoms. The van der Waals surface area contributed by atoms with Gasteiger partial charge in [0.1, 0.15) is 60.6 Å². The highest BCUT2D eigenvalue weighted by Crippen LogP contribution is 2.36. The molecule has 0 aromatic heterocycles. The molecular weight excluding hydrogens is 909 g/mol. The molecule has 5 rings (SSSR count). The van der Waals surface area contributed by atoms with Gasteiger partial charge in [0.05, 0.1) is 11.8 Å². The van der Waals surface area contributed by atoms with Gasteiger partial charge in [-0.1, -0.05) is 65.5 Å². The maximum absolute atomic E-state index is 13.4. The van der Waals surface area contributed by atoms with E-state index in [1.807, 2.05) is 0 Å². The molecule has 0 atom stereocenters. The third-order valence-corrected chi connectivity index (χ3v) is 12.7. The van der Waals surface area contributed by atoms with Gasteiger partial charge >= 0.3 is 48.0 Å². The minimum atomic E-state index is -0.910. The summed E-state index contributed by atoms with van der Waals surface area (Å²) in [5.74, 6) is -3.99. The Morgan fingerprint density at radius 3 is 1.21 bits per heavy atom. The van der Waals surface area contributed by atoms with Gasteiger partial charge in [0.25, 0.3) is 0 Å². The van der Waals surface area contributed by atoms with Crippen LogP contribution >= 0.6 is 0 Å². The lowest BCUT2D eigenvalue weighted by Gasteiger charge is -2.33. The first-order chi connectivity index (χ1) is 33.8. The average Bonchev–Trinajstić information content (AvgIpc) is 3.38. The topological polar surface area (TPSA) is 217 Å². The molecule has 18 heteroatoms. The minimum Gasteiger partial charge on any atom is -0.459 e. The lowest BCUT2D eigenvalue weighted by atomic mass is 9.80. The highest BCUT2D eigenvalue weighted by molar-refractivity contribution is 5.95. The zero-order valence-electron chi connectivity index (χ0n) is 40.3. The van der Waals surface area contributed by atoms with Crippen molar-refractivity contribution in [1.29, 1.82) is 0 Å². The third kappa shape index (κ3) is 16.8. The summed E-state index contributed by atoms with van der Waals surface area (Å²) in [4.78, 5) is 106. The molecule has 18 nitrogen and oxygen atoms in total. The summed E-state index contributed by atoms with van der Waals surface area (Å²) in [6.07, 6.45) is 13.5. The van der Waals surface area contributed by atoms with Gasteiger partial charge in [-0.15, -0.1) is 0 Å². The first kappa shape index (κ1) is 54.2. The van der Waals surface area contributed by atoms with E-state index in [0.29, 0.717) is 37.5 Å². The monoisotopic (exact) mass is 974 g/mol. The largest absolute Gasteiger partial charge is 0.459 e. The number of hydrogen-bond donors (Lipinski definition) is 0. The summed E-state index contributed by atoms with van der Waals surface area (Å²) < 4.78 is 43.1. The molecule has 0 radical (unpaired) electrons. The van der Waals surface area contributed by atoms with Gasteiger partial charge in [-0.2, -0.15) is 0 Å². The van der Waals surface area contributed by atoms with Crippen LogP contribution < -0.4 is 18.9 Å². The normalized spacial score (nSPS) is 18.8. The van der Waals surface area contributed by atoms with Gasteiger partial charge in [0.15, 0.2) is 0 Å². The predicted octanol–water partition coefficient (Wildman–Crippen LogP) is 8.58. The molecule has 1 heterocycles. The summed E-state index contributed by atoms with van der Waals surface area (Å²) in [6, 6.07) is 7.90. The summed E-state index contributed by atoms with van der Waals surface area (Å²) in [6.45, 7) is 9.96. The number of carbonyl (C=O) groups is 8. The quantitative estimate of drug-likeness (QED) is 0.0355. The van der Waals surface area contributed by atoms with Gasteiger partial charge in [0.2, 0.25) is 0 Å². The van der Waals surface area contributed by atoms with Gasteiger partial charge in [0, 0.05) is 38.3 Å². The fourth-order valence-corrected chi connectivity index (χ4v) is 8.61. The second kappa shape index (κ2) is 28.1. The van der Waals surface area contributed by atoms with Crippen molar-refractivity contribution in [3.8, 4) is 23.0 Å². The maximum atomic E-state index is 13.4. The van der Waals surface area contributed by atoms with Crippen LogP contribution in [0.4, 0.5) is 9.59 Å². The SMILES string of the molecule is C=CC(=O)OCCOC(=O)c1cc(OC(=O)N2CCN(C(=O)Oc3ccc(OC(=O)[C@H]4CC[C@H](CCCC)CC4)c(C(=O)OCCOC(=O)C=C)c3)CC2)ccc1OC(=O)C1CCC(CCCC)CC1. The van der Waals surface area contributed by atoms with Crippen molar-refractivity contribution < 1.29 is 76.3 Å². The lowest BCUT2D eigenvalue weighted by molar-refractivity contribution is -0.141. The van der Waals surface area contributed by atoms with Crippen molar-refractivity contribution in [3.05, 3.63) is 72.8 Å². The molecule has 0 spiro atoms. The Kier molecular flexibility index (Phi) is 21.7. The van der Waals surface area contributed by atoms with Gasteiger partial charge in [-0.25, -0.2) is 28.8 Å². The van der Waals surface area contributed by atoms with Crippen molar-refractivity contribution in [2.45, 2.75) is 104 Å². The van der Waals surface area contributed by atoms with E-state index in [0.717, 1.165) is 76.4 Å². The standard InChI is InChI=1S/C52H66N2O16/c1-5-9-11-35-13-17-37(18-14-35)47(57)69-43-23-21-39(33-41(43)49(59)65-31-29-63-45(55)7-3)67-51(61)53-25-27-54(28-26-53)52(62)68-40-22-24-44(42(34-40)50(60)66-32-30-64-46(56)8-4)70-48(58)38-19-15-36(16-20-38)12-10-6-2/h7-8,21-24,33-38H,3-6,9-20,25-32H2,1-2H3/t35-,36?,37-,38?. The van der Waals surface area contributed by atoms with E-state index in [1.54, 1.807) is 0 Å². The summed E-state index contributed by atoms with van der Waals surface area (Å²) in [5, 5.41) is 0. The summed E-state index contributed by atoms with van der Waals surface area (Å²) in [5.41, 5.74) is -0.371. The highest BCUT2D eigenvalue weighted by atomic mass is 16.6. The molecule has 2 saturated carbocycles. The molecule has 380 valence electrons. The second-order valence-electron chi connectivity index (χ2n) is 17.6. The Balaban J connectivity index is 1.19. The summed E-state index contributed by atoms with van der Waals surface area (Å²) in [7, 11) is 0. The molecular formula is C52H66N2O16. The average molecular weight is 975 g/mol. The van der Waals surface area contributed by atoms with Crippen LogP contribution in [0, 0.1) is 23.7 Å². The number of carbonyl (C=O) groups excluding carboxylic acids is 8. The van der Waals surface area contributed by atoms with Crippen LogP contribution in [0.5, 0.6) is 23.0 Å². The van der Waals surface area contributed by atoms with E-state index >= 15 is 0 Å².